The van der Waals surface area contributed by atoms with Crippen molar-refractivity contribution in [1.82, 2.24) is 4.90 Å². The number of nitro benzene ring substituents is 1. The predicted molar refractivity (Wildman–Crippen MR) is 131 cm³/mol. The van der Waals surface area contributed by atoms with Crippen LogP contribution in [-0.4, -0.2) is 33.6 Å². The van der Waals surface area contributed by atoms with E-state index >= 15 is 0 Å². The lowest BCUT2D eigenvalue weighted by atomic mass is 10.1. The first-order chi connectivity index (χ1) is 15.2. The summed E-state index contributed by atoms with van der Waals surface area (Å²) in [6, 6.07) is 9.61. The Morgan fingerprint density at radius 1 is 1.22 bits per heavy atom. The van der Waals surface area contributed by atoms with E-state index in [-0.39, 0.29) is 29.5 Å². The summed E-state index contributed by atoms with van der Waals surface area (Å²) in [5.74, 6) is 0.680. The minimum Gasteiger partial charge on any atom is -0.490 e. The summed E-state index contributed by atoms with van der Waals surface area (Å²) in [4.78, 5) is 36.8. The zero-order valence-electron chi connectivity index (χ0n) is 17.7. The summed E-state index contributed by atoms with van der Waals surface area (Å²) in [5.41, 5.74) is 1.36. The van der Waals surface area contributed by atoms with E-state index < -0.39 is 4.92 Å². The van der Waals surface area contributed by atoms with E-state index in [1.54, 1.807) is 38.1 Å². The van der Waals surface area contributed by atoms with Crippen LogP contribution in [0.15, 0.2) is 41.3 Å². The van der Waals surface area contributed by atoms with Gasteiger partial charge in [0, 0.05) is 18.2 Å². The first-order valence-corrected chi connectivity index (χ1v) is 11.7. The summed E-state index contributed by atoms with van der Waals surface area (Å²) >= 11 is 3.02. The molecule has 0 spiro atoms. The number of carbonyl (C=O) groups excluding carboxylic acids is 2. The van der Waals surface area contributed by atoms with Crippen LogP contribution >= 0.6 is 34.4 Å². The number of hydrogen-bond acceptors (Lipinski definition) is 7. The van der Waals surface area contributed by atoms with Crippen molar-refractivity contribution in [3.8, 4) is 11.5 Å². The molecule has 0 saturated carbocycles. The van der Waals surface area contributed by atoms with E-state index in [1.807, 2.05) is 13.0 Å². The molecule has 1 aliphatic rings. The van der Waals surface area contributed by atoms with Gasteiger partial charge in [-0.3, -0.25) is 24.6 Å². The van der Waals surface area contributed by atoms with Crippen molar-refractivity contribution >= 4 is 57.3 Å². The lowest BCUT2D eigenvalue weighted by molar-refractivity contribution is -0.384. The van der Waals surface area contributed by atoms with Crippen molar-refractivity contribution < 1.29 is 24.0 Å². The van der Waals surface area contributed by atoms with Crippen LogP contribution in [-0.2, 0) is 11.4 Å². The zero-order valence-corrected chi connectivity index (χ0v) is 20.6. The van der Waals surface area contributed by atoms with Gasteiger partial charge in [-0.15, -0.1) is 0 Å². The van der Waals surface area contributed by atoms with E-state index in [4.69, 9.17) is 9.47 Å². The standard InChI is InChI=1S/C22H21IN2O6S/c1-4-30-18-10-15(11-19-21(26)24(13(2)3)22(27)32-19)9-17(23)20(18)31-12-14-6-5-7-16(8-14)25(28)29/h5-11,13H,4,12H2,1-3H3/b19-11+. The van der Waals surface area contributed by atoms with Gasteiger partial charge in [-0.1, -0.05) is 12.1 Å². The van der Waals surface area contributed by atoms with Crippen molar-refractivity contribution in [2.45, 2.75) is 33.4 Å². The van der Waals surface area contributed by atoms with Gasteiger partial charge in [0.1, 0.15) is 6.61 Å². The molecular weight excluding hydrogens is 547 g/mol. The average Bonchev–Trinajstić information content (AvgIpc) is 3.00. The molecule has 0 unspecified atom stereocenters. The Balaban J connectivity index is 1.87. The topological polar surface area (TPSA) is 99.0 Å². The number of hydrogen-bond donors (Lipinski definition) is 0. The van der Waals surface area contributed by atoms with Crippen molar-refractivity contribution in [2.75, 3.05) is 6.61 Å². The van der Waals surface area contributed by atoms with Gasteiger partial charge in [0.05, 0.1) is 20.0 Å². The number of carbonyl (C=O) groups is 2. The molecule has 1 aliphatic heterocycles. The van der Waals surface area contributed by atoms with Crippen molar-refractivity contribution in [1.29, 1.82) is 0 Å². The fourth-order valence-electron chi connectivity index (χ4n) is 3.07. The number of ether oxygens (including phenoxy) is 2. The van der Waals surface area contributed by atoms with Gasteiger partial charge in [-0.2, -0.15) is 0 Å². The van der Waals surface area contributed by atoms with Crippen LogP contribution in [0.25, 0.3) is 6.08 Å². The van der Waals surface area contributed by atoms with Gasteiger partial charge in [-0.25, -0.2) is 0 Å². The minimum absolute atomic E-state index is 0.00322. The molecule has 3 rings (SSSR count). The Morgan fingerprint density at radius 2 is 1.97 bits per heavy atom. The molecule has 32 heavy (non-hydrogen) atoms. The molecule has 0 aromatic heterocycles. The van der Waals surface area contributed by atoms with E-state index in [1.165, 1.54) is 17.0 Å². The molecule has 8 nitrogen and oxygen atoms in total. The third-order valence-corrected chi connectivity index (χ3v) is 6.16. The lowest BCUT2D eigenvalue weighted by Gasteiger charge is -2.16. The molecule has 0 aliphatic carbocycles. The molecule has 0 bridgehead atoms. The summed E-state index contributed by atoms with van der Waals surface area (Å²) in [6.45, 7) is 5.96. The number of benzene rings is 2. The molecule has 0 N–H and O–H groups in total. The maximum atomic E-state index is 12.6. The second-order valence-electron chi connectivity index (χ2n) is 7.12. The summed E-state index contributed by atoms with van der Waals surface area (Å²) in [7, 11) is 0. The largest absolute Gasteiger partial charge is 0.490 e. The van der Waals surface area contributed by atoms with E-state index in [0.717, 1.165) is 15.3 Å². The minimum atomic E-state index is -0.450. The molecule has 1 heterocycles. The third-order valence-electron chi connectivity index (χ3n) is 4.47. The number of amides is 2. The van der Waals surface area contributed by atoms with Crippen molar-refractivity contribution in [2.24, 2.45) is 0 Å². The Morgan fingerprint density at radius 3 is 2.59 bits per heavy atom. The van der Waals surface area contributed by atoms with Crippen LogP contribution in [0.1, 0.15) is 31.9 Å². The molecule has 1 saturated heterocycles. The fourth-order valence-corrected chi connectivity index (χ4v) is 4.81. The Kier molecular flexibility index (Phi) is 7.77. The maximum absolute atomic E-state index is 12.6. The highest BCUT2D eigenvalue weighted by atomic mass is 127. The van der Waals surface area contributed by atoms with Crippen LogP contribution in [0.2, 0.25) is 0 Å². The normalized spacial score (nSPS) is 15.0. The highest BCUT2D eigenvalue weighted by Crippen LogP contribution is 2.38. The number of imide groups is 1. The smallest absolute Gasteiger partial charge is 0.293 e. The number of nitro groups is 1. The summed E-state index contributed by atoms with van der Waals surface area (Å²) in [5, 5.41) is 10.7. The molecule has 1 fully saturated rings. The monoisotopic (exact) mass is 568 g/mol. The quantitative estimate of drug-likeness (QED) is 0.176. The fraction of sp³-hybridized carbons (Fsp3) is 0.273. The number of thioether (sulfide) groups is 1. The van der Waals surface area contributed by atoms with Crippen LogP contribution in [0.4, 0.5) is 10.5 Å². The van der Waals surface area contributed by atoms with Gasteiger partial charge in [0.2, 0.25) is 0 Å². The highest BCUT2D eigenvalue weighted by molar-refractivity contribution is 14.1. The Hall–Kier alpha value is -2.60. The van der Waals surface area contributed by atoms with Gasteiger partial charge in [-0.05, 0) is 84.5 Å². The van der Waals surface area contributed by atoms with Gasteiger partial charge < -0.3 is 9.47 Å². The number of halogens is 1. The molecule has 10 heteroatoms. The molecule has 168 valence electrons. The van der Waals surface area contributed by atoms with E-state index in [2.05, 4.69) is 22.6 Å². The molecule has 0 radical (unpaired) electrons. The number of nitrogens with zero attached hydrogens (tertiary/aromatic N) is 2. The Bertz CT molecular complexity index is 1100. The summed E-state index contributed by atoms with van der Waals surface area (Å²) < 4.78 is 12.4. The first kappa shape index (κ1) is 24.1. The van der Waals surface area contributed by atoms with Gasteiger partial charge in [0.15, 0.2) is 11.5 Å². The van der Waals surface area contributed by atoms with Crippen LogP contribution in [0.3, 0.4) is 0 Å². The second-order valence-corrected chi connectivity index (χ2v) is 9.28. The molecule has 2 amide bonds. The number of non-ortho nitro benzene ring substituents is 1. The molecular formula is C22H21IN2O6S. The van der Waals surface area contributed by atoms with Gasteiger partial charge >= 0.3 is 0 Å². The van der Waals surface area contributed by atoms with Crippen LogP contribution < -0.4 is 9.47 Å². The Labute approximate surface area is 203 Å². The maximum Gasteiger partial charge on any atom is 0.293 e. The zero-order chi connectivity index (χ0) is 23.4. The predicted octanol–water partition coefficient (Wildman–Crippen LogP) is 5.62. The molecule has 2 aromatic rings. The first-order valence-electron chi connectivity index (χ1n) is 9.80. The lowest BCUT2D eigenvalue weighted by Crippen LogP contribution is -2.34. The number of rotatable bonds is 8. The molecule has 2 aromatic carbocycles. The summed E-state index contributed by atoms with van der Waals surface area (Å²) in [6.07, 6.45) is 1.67. The van der Waals surface area contributed by atoms with Crippen LogP contribution in [0.5, 0.6) is 11.5 Å². The van der Waals surface area contributed by atoms with E-state index in [0.29, 0.717) is 34.1 Å². The SMILES string of the molecule is CCOc1cc(/C=C2/SC(=O)N(C(C)C)C2=O)cc(I)c1OCc1cccc([N+](=O)[O-])c1. The van der Waals surface area contributed by atoms with Crippen molar-refractivity contribution in [3.05, 3.63) is 66.1 Å². The molecule has 0 atom stereocenters. The van der Waals surface area contributed by atoms with E-state index in [9.17, 15) is 19.7 Å². The van der Waals surface area contributed by atoms with Crippen molar-refractivity contribution in [3.63, 3.8) is 0 Å². The second kappa shape index (κ2) is 10.3. The van der Waals surface area contributed by atoms with Crippen LogP contribution in [0, 0.1) is 13.7 Å². The third kappa shape index (κ3) is 5.41. The highest BCUT2D eigenvalue weighted by Gasteiger charge is 2.36. The van der Waals surface area contributed by atoms with Gasteiger partial charge in [0.25, 0.3) is 16.8 Å². The average molecular weight is 568 g/mol.